The van der Waals surface area contributed by atoms with E-state index in [9.17, 15) is 0 Å². The van der Waals surface area contributed by atoms with E-state index < -0.39 is 0 Å². The molecule has 0 aromatic heterocycles. The maximum absolute atomic E-state index is 6.15. The van der Waals surface area contributed by atoms with Gasteiger partial charge in [0, 0.05) is 16.9 Å². The average Bonchev–Trinajstić information content (AvgIpc) is 2.54. The third kappa shape index (κ3) is 4.73. The van der Waals surface area contributed by atoms with Crippen LogP contribution in [0.2, 0.25) is 0 Å². The summed E-state index contributed by atoms with van der Waals surface area (Å²) in [5.74, 6) is 1.38. The van der Waals surface area contributed by atoms with Crippen molar-refractivity contribution >= 4 is 27.5 Å². The first-order valence-electron chi connectivity index (χ1n) is 6.89. The molecule has 1 atom stereocenters. The normalized spacial score (nSPS) is 13.7. The predicted octanol–water partition coefficient (Wildman–Crippen LogP) is 4.57. The Bertz CT molecular complexity index is 546. The van der Waals surface area contributed by atoms with Crippen LogP contribution in [0.1, 0.15) is 12.5 Å². The van der Waals surface area contributed by atoms with Crippen molar-refractivity contribution in [3.63, 3.8) is 0 Å². The third-order valence-corrected chi connectivity index (χ3v) is 4.44. The fourth-order valence-electron chi connectivity index (χ4n) is 2.06. The van der Waals surface area contributed by atoms with Crippen molar-refractivity contribution in [2.75, 3.05) is 19.0 Å². The number of ether oxygens (including phenoxy) is 1. The molecule has 112 valence electrons. The molecule has 0 saturated heterocycles. The summed E-state index contributed by atoms with van der Waals surface area (Å²) in [5, 5.41) is 3.48. The largest absolute Gasteiger partial charge is 0.492 e. The topological polar surface area (TPSA) is 21.3 Å². The lowest BCUT2D eigenvalue weighted by Crippen LogP contribution is -2.43. The zero-order chi connectivity index (χ0) is 15.1. The molecule has 0 radical (unpaired) electrons. The average molecular weight is 369 g/mol. The summed E-state index contributed by atoms with van der Waals surface area (Å²) in [6.07, 6.45) is 0. The van der Waals surface area contributed by atoms with Crippen molar-refractivity contribution in [1.82, 2.24) is 5.32 Å². The monoisotopic (exact) mass is 367 g/mol. The van der Waals surface area contributed by atoms with E-state index in [1.807, 2.05) is 42.5 Å². The Labute approximate surface area is 139 Å². The van der Waals surface area contributed by atoms with Crippen LogP contribution in [0.4, 0.5) is 0 Å². The second-order valence-electron chi connectivity index (χ2n) is 5.06. The summed E-state index contributed by atoms with van der Waals surface area (Å²) >= 11 is 9.55. The molecule has 2 aromatic carbocycles. The molecule has 4 heteroatoms. The summed E-state index contributed by atoms with van der Waals surface area (Å²) in [4.78, 5) is 0. The zero-order valence-corrected chi connectivity index (χ0v) is 14.3. The van der Waals surface area contributed by atoms with Crippen LogP contribution in [-0.2, 0) is 5.54 Å². The van der Waals surface area contributed by atoms with E-state index in [4.69, 9.17) is 16.3 Å². The molecule has 0 heterocycles. The van der Waals surface area contributed by atoms with E-state index >= 15 is 0 Å². The molecule has 21 heavy (non-hydrogen) atoms. The van der Waals surface area contributed by atoms with Crippen LogP contribution in [0.3, 0.4) is 0 Å². The maximum atomic E-state index is 6.15. The minimum atomic E-state index is -0.244. The number of alkyl halides is 1. The minimum Gasteiger partial charge on any atom is -0.492 e. The fourth-order valence-corrected chi connectivity index (χ4v) is 2.57. The van der Waals surface area contributed by atoms with Gasteiger partial charge in [0.1, 0.15) is 12.4 Å². The highest BCUT2D eigenvalue weighted by molar-refractivity contribution is 9.10. The van der Waals surface area contributed by atoms with Gasteiger partial charge in [-0.15, -0.1) is 11.6 Å². The molecule has 2 nitrogen and oxygen atoms in total. The molecule has 0 aliphatic heterocycles. The van der Waals surface area contributed by atoms with E-state index in [2.05, 4.69) is 40.3 Å². The molecular weight excluding hydrogens is 350 g/mol. The molecule has 2 rings (SSSR count). The molecule has 0 fully saturated rings. The van der Waals surface area contributed by atoms with E-state index in [0.717, 1.165) is 16.8 Å². The Kier molecular flexibility index (Phi) is 6.09. The lowest BCUT2D eigenvalue weighted by Gasteiger charge is -2.29. The van der Waals surface area contributed by atoms with Crippen molar-refractivity contribution in [2.45, 2.75) is 12.5 Å². The van der Waals surface area contributed by atoms with Crippen molar-refractivity contribution in [2.24, 2.45) is 0 Å². The number of nitrogens with one attached hydrogen (secondary N) is 1. The van der Waals surface area contributed by atoms with Crippen LogP contribution in [0.5, 0.6) is 5.75 Å². The van der Waals surface area contributed by atoms with Gasteiger partial charge < -0.3 is 10.1 Å². The molecule has 0 spiro atoms. The summed E-state index contributed by atoms with van der Waals surface area (Å²) in [6.45, 7) is 3.43. The molecular formula is C17H19BrClNO. The van der Waals surface area contributed by atoms with Gasteiger partial charge in [0.05, 0.1) is 5.54 Å². The number of hydrogen-bond acceptors (Lipinski definition) is 2. The number of hydrogen-bond donors (Lipinski definition) is 1. The van der Waals surface area contributed by atoms with Crippen LogP contribution in [0, 0.1) is 0 Å². The van der Waals surface area contributed by atoms with Crippen molar-refractivity contribution < 1.29 is 4.74 Å². The lowest BCUT2D eigenvalue weighted by atomic mass is 9.94. The smallest absolute Gasteiger partial charge is 0.119 e. The third-order valence-electron chi connectivity index (χ3n) is 3.38. The van der Waals surface area contributed by atoms with Crippen LogP contribution in [0.15, 0.2) is 59.1 Å². The quantitative estimate of drug-likeness (QED) is 0.571. The summed E-state index contributed by atoms with van der Waals surface area (Å²) in [5.41, 5.74) is 0.940. The summed E-state index contributed by atoms with van der Waals surface area (Å²) < 4.78 is 6.76. The summed E-state index contributed by atoms with van der Waals surface area (Å²) in [7, 11) is 0. The Morgan fingerprint density at radius 3 is 2.38 bits per heavy atom. The Hall–Kier alpha value is -1.03. The molecule has 0 bridgehead atoms. The number of rotatable bonds is 7. The van der Waals surface area contributed by atoms with E-state index in [1.165, 1.54) is 5.56 Å². The van der Waals surface area contributed by atoms with Crippen molar-refractivity contribution in [1.29, 1.82) is 0 Å². The number of halogens is 2. The second-order valence-corrected chi connectivity index (χ2v) is 6.24. The Morgan fingerprint density at radius 2 is 1.76 bits per heavy atom. The summed E-state index contributed by atoms with van der Waals surface area (Å²) in [6, 6.07) is 18.1. The highest BCUT2D eigenvalue weighted by atomic mass is 79.9. The van der Waals surface area contributed by atoms with E-state index in [0.29, 0.717) is 12.5 Å². The Morgan fingerprint density at radius 1 is 1.10 bits per heavy atom. The molecule has 2 aromatic rings. The van der Waals surface area contributed by atoms with Gasteiger partial charge in [0.25, 0.3) is 0 Å². The molecule has 0 aliphatic rings. The molecule has 1 N–H and O–H groups in total. The second kappa shape index (κ2) is 7.83. The van der Waals surface area contributed by atoms with Gasteiger partial charge in [-0.1, -0.05) is 46.3 Å². The Balaban J connectivity index is 1.85. The van der Waals surface area contributed by atoms with Gasteiger partial charge in [-0.3, -0.25) is 0 Å². The maximum Gasteiger partial charge on any atom is 0.119 e. The van der Waals surface area contributed by atoms with Crippen LogP contribution in [-0.4, -0.2) is 19.0 Å². The molecule has 0 amide bonds. The van der Waals surface area contributed by atoms with Crippen molar-refractivity contribution in [3.05, 3.63) is 64.6 Å². The van der Waals surface area contributed by atoms with E-state index in [1.54, 1.807) is 0 Å². The van der Waals surface area contributed by atoms with Crippen LogP contribution < -0.4 is 10.1 Å². The first-order valence-corrected chi connectivity index (χ1v) is 8.22. The van der Waals surface area contributed by atoms with Gasteiger partial charge in [-0.2, -0.15) is 0 Å². The zero-order valence-electron chi connectivity index (χ0n) is 12.0. The highest BCUT2D eigenvalue weighted by Gasteiger charge is 2.24. The van der Waals surface area contributed by atoms with Gasteiger partial charge >= 0.3 is 0 Å². The SMILES string of the molecule is CC(CCl)(NCCOc1ccc(Br)cc1)c1ccccc1. The first kappa shape index (κ1) is 16.3. The molecule has 0 saturated carbocycles. The molecule has 0 aliphatic carbocycles. The minimum absolute atomic E-state index is 0.244. The van der Waals surface area contributed by atoms with Crippen molar-refractivity contribution in [3.8, 4) is 5.75 Å². The fraction of sp³-hybridized carbons (Fsp3) is 0.294. The highest BCUT2D eigenvalue weighted by Crippen LogP contribution is 2.22. The van der Waals surface area contributed by atoms with Gasteiger partial charge in [-0.25, -0.2) is 0 Å². The first-order chi connectivity index (χ1) is 10.1. The van der Waals surface area contributed by atoms with Crippen LogP contribution >= 0.6 is 27.5 Å². The predicted molar refractivity (Wildman–Crippen MR) is 92.2 cm³/mol. The standard InChI is InChI=1S/C17H19BrClNO/c1-17(13-19,14-5-3-2-4-6-14)20-11-12-21-16-9-7-15(18)8-10-16/h2-10,20H,11-13H2,1H3. The number of benzene rings is 2. The molecule has 1 unspecified atom stereocenters. The van der Waals surface area contributed by atoms with Gasteiger partial charge in [-0.05, 0) is 36.8 Å². The van der Waals surface area contributed by atoms with Gasteiger partial charge in [0.2, 0.25) is 0 Å². The van der Waals surface area contributed by atoms with Gasteiger partial charge in [0.15, 0.2) is 0 Å². The lowest BCUT2D eigenvalue weighted by molar-refractivity contribution is 0.286. The van der Waals surface area contributed by atoms with E-state index in [-0.39, 0.29) is 5.54 Å². The van der Waals surface area contributed by atoms with Crippen LogP contribution in [0.25, 0.3) is 0 Å².